The number of benzene rings is 1. The van der Waals surface area contributed by atoms with Gasteiger partial charge in [-0.3, -0.25) is 4.79 Å². The Labute approximate surface area is 122 Å². The molecule has 5 heteroatoms. The quantitative estimate of drug-likeness (QED) is 0.457. The lowest BCUT2D eigenvalue weighted by atomic mass is 10.1. The fourth-order valence-electron chi connectivity index (χ4n) is 1.57. The Balaban J connectivity index is 2.36. The summed E-state index contributed by atoms with van der Waals surface area (Å²) in [6, 6.07) is 5.03. The molecule has 0 saturated heterocycles. The molecule has 0 spiro atoms. The number of amides is 1. The standard InChI is InChI=1S/C14H19BrN2O2/c1-2-3-4-5-6-14(19)17-16-10-11-9-12(15)7-8-13(11)18/h7-10,18H,2-6H2,1H3,(H,17,19)/b16-10+. The summed E-state index contributed by atoms with van der Waals surface area (Å²) in [7, 11) is 0. The van der Waals surface area contributed by atoms with E-state index < -0.39 is 0 Å². The minimum absolute atomic E-state index is 0.0955. The molecule has 0 radical (unpaired) electrons. The maximum absolute atomic E-state index is 11.5. The zero-order chi connectivity index (χ0) is 14.1. The molecule has 0 aliphatic heterocycles. The van der Waals surface area contributed by atoms with Gasteiger partial charge in [-0.25, -0.2) is 5.43 Å². The van der Waals surface area contributed by atoms with Crippen molar-refractivity contribution in [1.29, 1.82) is 0 Å². The van der Waals surface area contributed by atoms with Crippen LogP contribution in [-0.2, 0) is 4.79 Å². The number of halogens is 1. The van der Waals surface area contributed by atoms with Gasteiger partial charge in [-0.15, -0.1) is 0 Å². The van der Waals surface area contributed by atoms with Crippen LogP contribution in [0.2, 0.25) is 0 Å². The Hall–Kier alpha value is -1.36. The van der Waals surface area contributed by atoms with Gasteiger partial charge in [-0.2, -0.15) is 5.10 Å². The summed E-state index contributed by atoms with van der Waals surface area (Å²) in [6.07, 6.45) is 6.19. The zero-order valence-electron chi connectivity index (χ0n) is 11.0. The number of nitrogens with zero attached hydrogens (tertiary/aromatic N) is 1. The summed E-state index contributed by atoms with van der Waals surface area (Å²) < 4.78 is 0.845. The molecule has 1 aromatic carbocycles. The van der Waals surface area contributed by atoms with Gasteiger partial charge in [-0.05, 0) is 24.6 Å². The predicted molar refractivity (Wildman–Crippen MR) is 80.3 cm³/mol. The van der Waals surface area contributed by atoms with Crippen molar-refractivity contribution in [2.24, 2.45) is 5.10 Å². The SMILES string of the molecule is CCCCCCC(=O)N/N=C/c1cc(Br)ccc1O. The molecule has 19 heavy (non-hydrogen) atoms. The van der Waals surface area contributed by atoms with Gasteiger partial charge in [0.05, 0.1) is 6.21 Å². The molecule has 2 N–H and O–H groups in total. The van der Waals surface area contributed by atoms with E-state index in [1.807, 2.05) is 0 Å². The highest BCUT2D eigenvalue weighted by molar-refractivity contribution is 9.10. The predicted octanol–water partition coefficient (Wildman–Crippen LogP) is 3.58. The molecule has 0 fully saturated rings. The second-order valence-corrected chi connectivity index (χ2v) is 5.22. The largest absolute Gasteiger partial charge is 0.507 e. The minimum Gasteiger partial charge on any atom is -0.507 e. The van der Waals surface area contributed by atoms with Crippen LogP contribution in [0.4, 0.5) is 0 Å². The van der Waals surface area contributed by atoms with E-state index in [4.69, 9.17) is 0 Å². The summed E-state index contributed by atoms with van der Waals surface area (Å²) in [5.74, 6) is 0.0333. The molecule has 0 saturated carbocycles. The summed E-state index contributed by atoms with van der Waals surface area (Å²) in [6.45, 7) is 2.13. The number of nitrogens with one attached hydrogen (secondary N) is 1. The molecule has 0 unspecified atom stereocenters. The van der Waals surface area contributed by atoms with Crippen molar-refractivity contribution >= 4 is 28.1 Å². The van der Waals surface area contributed by atoms with Gasteiger partial charge in [-0.1, -0.05) is 42.1 Å². The van der Waals surface area contributed by atoms with E-state index in [0.717, 1.165) is 30.2 Å². The van der Waals surface area contributed by atoms with E-state index in [1.54, 1.807) is 18.2 Å². The van der Waals surface area contributed by atoms with Crippen molar-refractivity contribution in [3.8, 4) is 5.75 Å². The third-order valence-corrected chi connectivity index (χ3v) is 3.13. The first kappa shape index (κ1) is 15.7. The van der Waals surface area contributed by atoms with Gasteiger partial charge < -0.3 is 5.11 Å². The van der Waals surface area contributed by atoms with E-state index in [1.165, 1.54) is 6.21 Å². The average Bonchev–Trinajstić information content (AvgIpc) is 2.39. The second kappa shape index (κ2) is 8.69. The van der Waals surface area contributed by atoms with Crippen molar-refractivity contribution in [3.05, 3.63) is 28.2 Å². The van der Waals surface area contributed by atoms with Crippen LogP contribution in [0.1, 0.15) is 44.6 Å². The van der Waals surface area contributed by atoms with Gasteiger partial charge in [0.15, 0.2) is 0 Å². The molecular weight excluding hydrogens is 308 g/mol. The van der Waals surface area contributed by atoms with Crippen LogP contribution in [0.15, 0.2) is 27.8 Å². The molecule has 0 bridgehead atoms. The summed E-state index contributed by atoms with van der Waals surface area (Å²) in [4.78, 5) is 11.5. The number of phenolic OH excluding ortho intramolecular Hbond substituents is 1. The highest BCUT2D eigenvalue weighted by Crippen LogP contribution is 2.19. The fraction of sp³-hybridized carbons (Fsp3) is 0.429. The average molecular weight is 327 g/mol. The molecule has 1 aromatic rings. The fourth-order valence-corrected chi connectivity index (χ4v) is 1.95. The van der Waals surface area contributed by atoms with Gasteiger partial charge in [0.2, 0.25) is 5.91 Å². The first-order chi connectivity index (χ1) is 9.13. The van der Waals surface area contributed by atoms with Crippen molar-refractivity contribution < 1.29 is 9.90 Å². The van der Waals surface area contributed by atoms with E-state index in [2.05, 4.69) is 33.4 Å². The molecular formula is C14H19BrN2O2. The number of carbonyl (C=O) groups excluding carboxylic acids is 1. The zero-order valence-corrected chi connectivity index (χ0v) is 12.6. The van der Waals surface area contributed by atoms with Crippen LogP contribution in [0.3, 0.4) is 0 Å². The first-order valence-corrected chi connectivity index (χ1v) is 7.23. The lowest BCUT2D eigenvalue weighted by Crippen LogP contribution is -2.16. The number of carbonyl (C=O) groups is 1. The number of rotatable bonds is 7. The number of aromatic hydroxyl groups is 1. The molecule has 1 rings (SSSR count). The van der Waals surface area contributed by atoms with Crippen LogP contribution >= 0.6 is 15.9 Å². The lowest BCUT2D eigenvalue weighted by Gasteiger charge is -2.01. The first-order valence-electron chi connectivity index (χ1n) is 6.44. The molecule has 0 heterocycles. The Morgan fingerprint density at radius 1 is 1.42 bits per heavy atom. The molecule has 104 valence electrons. The topological polar surface area (TPSA) is 61.7 Å². The van der Waals surface area contributed by atoms with Gasteiger partial charge >= 0.3 is 0 Å². The van der Waals surface area contributed by atoms with Crippen molar-refractivity contribution in [1.82, 2.24) is 5.43 Å². The smallest absolute Gasteiger partial charge is 0.240 e. The van der Waals surface area contributed by atoms with Gasteiger partial charge in [0.25, 0.3) is 0 Å². The number of hydrazone groups is 1. The lowest BCUT2D eigenvalue weighted by molar-refractivity contribution is -0.121. The van der Waals surface area contributed by atoms with Crippen LogP contribution in [0, 0.1) is 0 Å². The normalized spacial score (nSPS) is 10.8. The Bertz CT molecular complexity index is 447. The second-order valence-electron chi connectivity index (χ2n) is 4.31. The third-order valence-electron chi connectivity index (χ3n) is 2.64. The van der Waals surface area contributed by atoms with Crippen LogP contribution in [-0.4, -0.2) is 17.2 Å². The Kier molecular flexibility index (Phi) is 7.18. The maximum atomic E-state index is 11.5. The highest BCUT2D eigenvalue weighted by atomic mass is 79.9. The van der Waals surface area contributed by atoms with E-state index >= 15 is 0 Å². The molecule has 0 aliphatic rings. The van der Waals surface area contributed by atoms with Crippen molar-refractivity contribution in [2.75, 3.05) is 0 Å². The van der Waals surface area contributed by atoms with Crippen molar-refractivity contribution in [2.45, 2.75) is 39.0 Å². The monoisotopic (exact) mass is 326 g/mol. The molecule has 1 amide bonds. The summed E-state index contributed by atoms with van der Waals surface area (Å²) in [5, 5.41) is 13.4. The van der Waals surface area contributed by atoms with Crippen molar-refractivity contribution in [3.63, 3.8) is 0 Å². The van der Waals surface area contributed by atoms with Gasteiger partial charge in [0.1, 0.15) is 5.75 Å². The molecule has 0 atom stereocenters. The Morgan fingerprint density at radius 3 is 2.95 bits per heavy atom. The van der Waals surface area contributed by atoms with E-state index in [0.29, 0.717) is 12.0 Å². The van der Waals surface area contributed by atoms with Crippen LogP contribution in [0.25, 0.3) is 0 Å². The van der Waals surface area contributed by atoms with Crippen LogP contribution in [0.5, 0.6) is 5.75 Å². The molecule has 0 aliphatic carbocycles. The molecule has 4 nitrogen and oxygen atoms in total. The maximum Gasteiger partial charge on any atom is 0.240 e. The number of unbranched alkanes of at least 4 members (excludes halogenated alkanes) is 3. The van der Waals surface area contributed by atoms with Gasteiger partial charge in [0, 0.05) is 16.5 Å². The van der Waals surface area contributed by atoms with E-state index in [9.17, 15) is 9.90 Å². The number of phenols is 1. The number of hydrogen-bond donors (Lipinski definition) is 2. The highest BCUT2D eigenvalue weighted by Gasteiger charge is 2.00. The van der Waals surface area contributed by atoms with Crippen LogP contribution < -0.4 is 5.43 Å². The molecule has 0 aromatic heterocycles. The number of hydrogen-bond acceptors (Lipinski definition) is 3. The van der Waals surface area contributed by atoms with E-state index in [-0.39, 0.29) is 11.7 Å². The Morgan fingerprint density at radius 2 is 2.21 bits per heavy atom. The summed E-state index contributed by atoms with van der Waals surface area (Å²) in [5.41, 5.74) is 3.01. The minimum atomic E-state index is -0.0955. The third kappa shape index (κ3) is 6.38. The summed E-state index contributed by atoms with van der Waals surface area (Å²) >= 11 is 3.31.